The summed E-state index contributed by atoms with van der Waals surface area (Å²) in [5.74, 6) is 0.206. The molecule has 0 radical (unpaired) electrons. The quantitative estimate of drug-likeness (QED) is 0.528. The van der Waals surface area contributed by atoms with Crippen LogP contribution in [0.5, 0.6) is 0 Å². The van der Waals surface area contributed by atoms with Crippen LogP contribution < -0.4 is 11.1 Å². The summed E-state index contributed by atoms with van der Waals surface area (Å²) >= 11 is 7.44. The van der Waals surface area contributed by atoms with Gasteiger partial charge in [-0.25, -0.2) is 4.98 Å². The second-order valence-electron chi connectivity index (χ2n) is 5.74. The van der Waals surface area contributed by atoms with Gasteiger partial charge in [-0.1, -0.05) is 35.1 Å². The first-order chi connectivity index (χ1) is 11.9. The Morgan fingerprint density at radius 1 is 1.28 bits per heavy atom. The molecule has 0 atom stereocenters. The molecule has 2 aromatic carbocycles. The molecule has 25 heavy (non-hydrogen) atoms. The molecule has 128 valence electrons. The number of aromatic nitrogens is 1. The van der Waals surface area contributed by atoms with Crippen LogP contribution in [0.25, 0.3) is 10.2 Å². The van der Waals surface area contributed by atoms with Gasteiger partial charge in [0.15, 0.2) is 5.13 Å². The average Bonchev–Trinajstić information content (AvgIpc) is 2.95. The van der Waals surface area contributed by atoms with E-state index in [9.17, 15) is 4.79 Å². The predicted octanol–water partition coefficient (Wildman–Crippen LogP) is 4.32. The Hall–Kier alpha value is -2.44. The summed E-state index contributed by atoms with van der Waals surface area (Å²) in [6.07, 6.45) is 0. The number of rotatable bonds is 4. The van der Waals surface area contributed by atoms with E-state index in [-0.39, 0.29) is 11.9 Å². The van der Waals surface area contributed by atoms with Crippen LogP contribution in [0.2, 0.25) is 5.02 Å². The van der Waals surface area contributed by atoms with Gasteiger partial charge in [-0.3, -0.25) is 15.1 Å². The van der Waals surface area contributed by atoms with Gasteiger partial charge in [-0.15, -0.1) is 0 Å². The largest absolute Gasteiger partial charge is 0.383 e. The molecule has 0 aliphatic heterocycles. The zero-order valence-corrected chi connectivity index (χ0v) is 15.4. The van der Waals surface area contributed by atoms with Gasteiger partial charge in [-0.05, 0) is 44.2 Å². The maximum atomic E-state index is 12.3. The van der Waals surface area contributed by atoms with Crippen LogP contribution in [0, 0.1) is 0 Å². The average molecular weight is 373 g/mol. The minimum Gasteiger partial charge on any atom is -0.383 e. The number of nitrogens with one attached hydrogen (secondary N) is 1. The summed E-state index contributed by atoms with van der Waals surface area (Å²) in [5.41, 5.74) is 8.06. The van der Waals surface area contributed by atoms with Crippen molar-refractivity contribution in [2.24, 2.45) is 10.7 Å². The molecule has 0 saturated heterocycles. The van der Waals surface area contributed by atoms with E-state index in [0.29, 0.717) is 21.6 Å². The van der Waals surface area contributed by atoms with Crippen molar-refractivity contribution >= 4 is 50.0 Å². The van der Waals surface area contributed by atoms with Crippen molar-refractivity contribution in [3.63, 3.8) is 0 Å². The third-order valence-electron chi connectivity index (χ3n) is 3.42. The van der Waals surface area contributed by atoms with Gasteiger partial charge in [0.2, 0.25) is 0 Å². The Bertz CT molecular complexity index is 965. The molecule has 0 unspecified atom stereocenters. The molecular formula is C18H17ClN4OS. The monoisotopic (exact) mass is 372 g/mol. The molecule has 0 spiro atoms. The molecule has 3 N–H and O–H groups in total. The standard InChI is InChI=1S/C18H17ClN4OS/c1-10(2)21-16(20)11-7-8-14-15(9-11)25-18(22-14)23-17(24)12-5-3-4-6-13(12)19/h3-10H,1-2H3,(H2,20,21)(H,22,23,24). The van der Waals surface area contributed by atoms with Gasteiger partial charge in [0.25, 0.3) is 5.91 Å². The lowest BCUT2D eigenvalue weighted by Gasteiger charge is -2.03. The number of halogens is 1. The van der Waals surface area contributed by atoms with Gasteiger partial charge in [0, 0.05) is 11.6 Å². The molecule has 1 amide bonds. The first kappa shape index (κ1) is 17.4. The highest BCUT2D eigenvalue weighted by Crippen LogP contribution is 2.28. The lowest BCUT2D eigenvalue weighted by atomic mass is 10.2. The molecule has 0 aliphatic rings. The summed E-state index contributed by atoms with van der Waals surface area (Å²) < 4.78 is 0.925. The van der Waals surface area contributed by atoms with Gasteiger partial charge in [-0.2, -0.15) is 0 Å². The van der Waals surface area contributed by atoms with E-state index in [1.165, 1.54) is 11.3 Å². The van der Waals surface area contributed by atoms with Crippen molar-refractivity contribution in [3.05, 3.63) is 58.6 Å². The first-order valence-electron chi connectivity index (χ1n) is 7.74. The van der Waals surface area contributed by atoms with Crippen molar-refractivity contribution < 1.29 is 4.79 Å². The van der Waals surface area contributed by atoms with Crippen molar-refractivity contribution in [1.29, 1.82) is 0 Å². The maximum Gasteiger partial charge on any atom is 0.258 e. The minimum atomic E-state index is -0.286. The van der Waals surface area contributed by atoms with Crippen molar-refractivity contribution in [2.45, 2.75) is 19.9 Å². The summed E-state index contributed by atoms with van der Waals surface area (Å²) in [6, 6.07) is 12.7. The molecule has 0 fully saturated rings. The van der Waals surface area contributed by atoms with Crippen molar-refractivity contribution in [3.8, 4) is 0 Å². The fourth-order valence-corrected chi connectivity index (χ4v) is 3.42. The van der Waals surface area contributed by atoms with Crippen LogP contribution in [0.4, 0.5) is 5.13 Å². The van der Waals surface area contributed by atoms with E-state index in [1.807, 2.05) is 32.0 Å². The van der Waals surface area contributed by atoms with Crippen molar-refractivity contribution in [1.82, 2.24) is 4.98 Å². The van der Waals surface area contributed by atoms with Gasteiger partial charge in [0.1, 0.15) is 5.84 Å². The molecule has 1 heterocycles. The van der Waals surface area contributed by atoms with E-state index >= 15 is 0 Å². The second-order valence-corrected chi connectivity index (χ2v) is 7.18. The second kappa shape index (κ2) is 7.21. The predicted molar refractivity (Wildman–Crippen MR) is 105 cm³/mol. The number of hydrogen-bond acceptors (Lipinski definition) is 4. The number of carbonyl (C=O) groups excluding carboxylic acids is 1. The number of thiazole rings is 1. The van der Waals surface area contributed by atoms with Crippen LogP contribution in [0.15, 0.2) is 47.5 Å². The minimum absolute atomic E-state index is 0.127. The van der Waals surface area contributed by atoms with E-state index in [1.54, 1.807) is 24.3 Å². The molecule has 7 heteroatoms. The molecule has 0 bridgehead atoms. The number of amidine groups is 1. The number of nitrogens with zero attached hydrogens (tertiary/aromatic N) is 2. The van der Waals surface area contributed by atoms with Gasteiger partial charge in [0.05, 0.1) is 20.8 Å². The van der Waals surface area contributed by atoms with Crippen LogP contribution >= 0.6 is 22.9 Å². The van der Waals surface area contributed by atoms with Gasteiger partial charge >= 0.3 is 0 Å². The molecule has 3 rings (SSSR count). The van der Waals surface area contributed by atoms with Crippen molar-refractivity contribution in [2.75, 3.05) is 5.32 Å². The Balaban J connectivity index is 1.87. The number of amides is 1. The number of fused-ring (bicyclic) bond motifs is 1. The number of carbonyl (C=O) groups is 1. The molecular weight excluding hydrogens is 356 g/mol. The molecule has 1 aromatic heterocycles. The van der Waals surface area contributed by atoms with E-state index in [2.05, 4.69) is 15.3 Å². The topological polar surface area (TPSA) is 80.4 Å². The Labute approximate surface area is 154 Å². The summed E-state index contributed by atoms with van der Waals surface area (Å²) in [5, 5.41) is 3.71. The fourth-order valence-electron chi connectivity index (χ4n) is 2.30. The number of anilines is 1. The SMILES string of the molecule is CC(C)N=C(N)c1ccc2nc(NC(=O)c3ccccc3Cl)sc2c1. The third kappa shape index (κ3) is 3.97. The highest BCUT2D eigenvalue weighted by molar-refractivity contribution is 7.22. The maximum absolute atomic E-state index is 12.3. The van der Waals surface area contributed by atoms with Crippen LogP contribution in [-0.4, -0.2) is 22.8 Å². The Morgan fingerprint density at radius 2 is 2.04 bits per heavy atom. The summed E-state index contributed by atoms with van der Waals surface area (Å²) in [4.78, 5) is 21.1. The number of hydrogen-bond donors (Lipinski definition) is 2. The van der Waals surface area contributed by atoms with E-state index in [0.717, 1.165) is 15.8 Å². The molecule has 0 aliphatic carbocycles. The Kier molecular flexibility index (Phi) is 5.01. The Morgan fingerprint density at radius 3 is 2.76 bits per heavy atom. The molecule has 3 aromatic rings. The lowest BCUT2D eigenvalue weighted by molar-refractivity contribution is 0.102. The molecule has 0 saturated carbocycles. The normalized spacial score (nSPS) is 11.9. The number of benzene rings is 2. The lowest BCUT2D eigenvalue weighted by Crippen LogP contribution is -2.15. The first-order valence-corrected chi connectivity index (χ1v) is 8.93. The zero-order valence-electron chi connectivity index (χ0n) is 13.8. The van der Waals surface area contributed by atoms with Crippen LogP contribution in [0.1, 0.15) is 29.8 Å². The third-order valence-corrected chi connectivity index (χ3v) is 4.68. The number of nitrogens with two attached hydrogens (primary N) is 1. The fraction of sp³-hybridized carbons (Fsp3) is 0.167. The summed E-state index contributed by atoms with van der Waals surface area (Å²) in [7, 11) is 0. The highest BCUT2D eigenvalue weighted by Gasteiger charge is 2.13. The van der Waals surface area contributed by atoms with Crippen LogP contribution in [0.3, 0.4) is 0 Å². The van der Waals surface area contributed by atoms with Crippen LogP contribution in [-0.2, 0) is 0 Å². The molecule has 5 nitrogen and oxygen atoms in total. The van der Waals surface area contributed by atoms with E-state index < -0.39 is 0 Å². The van der Waals surface area contributed by atoms with Gasteiger partial charge < -0.3 is 5.73 Å². The van der Waals surface area contributed by atoms with E-state index in [4.69, 9.17) is 17.3 Å². The highest BCUT2D eigenvalue weighted by atomic mass is 35.5. The summed E-state index contributed by atoms with van der Waals surface area (Å²) in [6.45, 7) is 3.95. The number of aliphatic imine (C=N–C) groups is 1. The zero-order chi connectivity index (χ0) is 18.0. The smallest absolute Gasteiger partial charge is 0.258 e.